The Morgan fingerprint density at radius 3 is 2.55 bits per heavy atom. The van der Waals surface area contributed by atoms with E-state index in [-0.39, 0.29) is 11.1 Å². The van der Waals surface area contributed by atoms with Gasteiger partial charge in [-0.1, -0.05) is 30.3 Å². The lowest BCUT2D eigenvalue weighted by Crippen LogP contribution is -2.12. The van der Waals surface area contributed by atoms with Crippen LogP contribution in [0.2, 0.25) is 0 Å². The number of nitriles is 1. The molecule has 0 saturated carbocycles. The van der Waals surface area contributed by atoms with Crippen LogP contribution in [0.15, 0.2) is 58.0 Å². The zero-order valence-corrected chi connectivity index (χ0v) is 11.3. The number of nitrogens with zero attached hydrogens (tertiary/aromatic N) is 1. The molecule has 0 unspecified atom stereocenters. The third-order valence-electron chi connectivity index (χ3n) is 3.06. The van der Waals surface area contributed by atoms with E-state index in [1.54, 1.807) is 0 Å². The fourth-order valence-corrected chi connectivity index (χ4v) is 2.75. The van der Waals surface area contributed by atoms with E-state index < -0.39 is 0 Å². The van der Waals surface area contributed by atoms with E-state index >= 15 is 0 Å². The molecular weight excluding hydrogens is 268 g/mol. The maximum Gasteiger partial charge on any atom is 0.266 e. The summed E-state index contributed by atoms with van der Waals surface area (Å²) in [7, 11) is 0. The molecule has 0 saturated heterocycles. The van der Waals surface area contributed by atoms with Gasteiger partial charge in [0, 0.05) is 11.3 Å². The van der Waals surface area contributed by atoms with Gasteiger partial charge in [-0.25, -0.2) is 0 Å². The van der Waals surface area contributed by atoms with Crippen molar-refractivity contribution in [2.24, 2.45) is 0 Å². The second-order valence-corrected chi connectivity index (χ2v) is 5.07. The van der Waals surface area contributed by atoms with Gasteiger partial charge in [-0.2, -0.15) is 16.6 Å². The molecule has 3 nitrogen and oxygen atoms in total. The molecule has 0 fully saturated rings. The van der Waals surface area contributed by atoms with E-state index in [0.29, 0.717) is 5.56 Å². The summed E-state index contributed by atoms with van der Waals surface area (Å²) in [6.07, 6.45) is 0. The lowest BCUT2D eigenvalue weighted by atomic mass is 10.0. The first-order chi connectivity index (χ1) is 9.79. The zero-order chi connectivity index (χ0) is 13.9. The predicted molar refractivity (Wildman–Crippen MR) is 80.5 cm³/mol. The Bertz CT molecular complexity index is 827. The van der Waals surface area contributed by atoms with Crippen molar-refractivity contribution in [1.29, 1.82) is 5.26 Å². The highest BCUT2D eigenvalue weighted by Gasteiger charge is 2.12. The quantitative estimate of drug-likeness (QED) is 0.778. The van der Waals surface area contributed by atoms with Crippen molar-refractivity contribution in [3.63, 3.8) is 0 Å². The van der Waals surface area contributed by atoms with Crippen LogP contribution in [0.1, 0.15) is 5.56 Å². The summed E-state index contributed by atoms with van der Waals surface area (Å²) < 4.78 is 0. The lowest BCUT2D eigenvalue weighted by Gasteiger charge is -2.06. The van der Waals surface area contributed by atoms with Crippen LogP contribution in [-0.4, -0.2) is 4.98 Å². The second-order valence-electron chi connectivity index (χ2n) is 4.29. The molecule has 0 aliphatic rings. The minimum absolute atomic E-state index is 0.156. The average molecular weight is 278 g/mol. The number of aromatic amines is 1. The smallest absolute Gasteiger partial charge is 0.266 e. The van der Waals surface area contributed by atoms with E-state index in [1.807, 2.05) is 59.3 Å². The van der Waals surface area contributed by atoms with Gasteiger partial charge in [0.05, 0.1) is 0 Å². The van der Waals surface area contributed by atoms with Crippen molar-refractivity contribution >= 4 is 11.3 Å². The van der Waals surface area contributed by atoms with Crippen molar-refractivity contribution < 1.29 is 0 Å². The van der Waals surface area contributed by atoms with E-state index in [2.05, 4.69) is 4.98 Å². The maximum atomic E-state index is 12.1. The van der Waals surface area contributed by atoms with E-state index in [0.717, 1.165) is 16.8 Å². The number of rotatable bonds is 2. The van der Waals surface area contributed by atoms with Crippen molar-refractivity contribution in [3.8, 4) is 28.5 Å². The van der Waals surface area contributed by atoms with Crippen molar-refractivity contribution in [2.75, 3.05) is 0 Å². The Morgan fingerprint density at radius 2 is 1.90 bits per heavy atom. The number of benzene rings is 1. The highest BCUT2D eigenvalue weighted by Crippen LogP contribution is 2.27. The minimum Gasteiger partial charge on any atom is -0.321 e. The summed E-state index contributed by atoms with van der Waals surface area (Å²) in [6.45, 7) is 0. The van der Waals surface area contributed by atoms with E-state index in [1.165, 1.54) is 11.3 Å². The highest BCUT2D eigenvalue weighted by molar-refractivity contribution is 7.08. The number of aromatic nitrogens is 1. The molecule has 0 spiro atoms. The highest BCUT2D eigenvalue weighted by atomic mass is 32.1. The van der Waals surface area contributed by atoms with Crippen molar-refractivity contribution in [1.82, 2.24) is 4.98 Å². The normalized spacial score (nSPS) is 10.2. The van der Waals surface area contributed by atoms with Crippen LogP contribution in [0.4, 0.5) is 0 Å². The summed E-state index contributed by atoms with van der Waals surface area (Å²) in [5, 5.41) is 13.1. The van der Waals surface area contributed by atoms with Crippen molar-refractivity contribution in [2.45, 2.75) is 0 Å². The molecule has 2 aromatic heterocycles. The molecule has 0 aliphatic carbocycles. The third kappa shape index (κ3) is 2.15. The molecule has 0 bridgehead atoms. The molecular formula is C16H10N2OS. The molecule has 3 rings (SSSR count). The SMILES string of the molecule is N#Cc1c(-c2ccsc2)cc(-c2ccccc2)[nH]c1=O. The van der Waals surface area contributed by atoms with Gasteiger partial charge in [-0.15, -0.1) is 0 Å². The summed E-state index contributed by atoms with van der Waals surface area (Å²) in [5.41, 5.74) is 3.02. The maximum absolute atomic E-state index is 12.1. The summed E-state index contributed by atoms with van der Waals surface area (Å²) >= 11 is 1.54. The summed E-state index contributed by atoms with van der Waals surface area (Å²) in [5.74, 6) is 0. The van der Waals surface area contributed by atoms with E-state index in [9.17, 15) is 10.1 Å². The monoisotopic (exact) mass is 278 g/mol. The predicted octanol–water partition coefficient (Wildman–Crippen LogP) is 3.64. The van der Waals surface area contributed by atoms with Gasteiger partial charge in [0.15, 0.2) is 0 Å². The van der Waals surface area contributed by atoms with Gasteiger partial charge in [-0.05, 0) is 34.0 Å². The van der Waals surface area contributed by atoms with Gasteiger partial charge in [-0.3, -0.25) is 4.79 Å². The number of H-pyrrole nitrogens is 1. The Morgan fingerprint density at radius 1 is 1.10 bits per heavy atom. The second kappa shape index (κ2) is 5.16. The number of pyridine rings is 1. The largest absolute Gasteiger partial charge is 0.321 e. The van der Waals surface area contributed by atoms with Gasteiger partial charge >= 0.3 is 0 Å². The molecule has 0 radical (unpaired) electrons. The lowest BCUT2D eigenvalue weighted by molar-refractivity contribution is 1.22. The first kappa shape index (κ1) is 12.4. The average Bonchev–Trinajstić information content (AvgIpc) is 3.01. The van der Waals surface area contributed by atoms with Gasteiger partial charge < -0.3 is 4.98 Å². The molecule has 1 aromatic carbocycles. The molecule has 0 amide bonds. The topological polar surface area (TPSA) is 56.6 Å². The Kier molecular flexibility index (Phi) is 3.20. The van der Waals surface area contributed by atoms with Crippen LogP contribution in [0.3, 0.4) is 0 Å². The number of nitrogens with one attached hydrogen (secondary N) is 1. The van der Waals surface area contributed by atoms with Crippen LogP contribution in [0, 0.1) is 11.3 Å². The number of hydrogen-bond donors (Lipinski definition) is 1. The molecule has 2 heterocycles. The number of hydrogen-bond acceptors (Lipinski definition) is 3. The van der Waals surface area contributed by atoms with Crippen LogP contribution in [-0.2, 0) is 0 Å². The molecule has 4 heteroatoms. The minimum atomic E-state index is -0.352. The Labute approximate surface area is 119 Å². The fraction of sp³-hybridized carbons (Fsp3) is 0. The van der Waals surface area contributed by atoms with Gasteiger partial charge in [0.1, 0.15) is 11.6 Å². The van der Waals surface area contributed by atoms with Gasteiger partial charge in [0.2, 0.25) is 0 Å². The van der Waals surface area contributed by atoms with Crippen LogP contribution < -0.4 is 5.56 Å². The molecule has 96 valence electrons. The molecule has 0 aliphatic heterocycles. The Balaban J connectivity index is 2.27. The number of thiophene rings is 1. The summed E-state index contributed by atoms with van der Waals surface area (Å²) in [4.78, 5) is 14.9. The first-order valence-corrected chi connectivity index (χ1v) is 6.99. The Hall–Kier alpha value is -2.64. The standard InChI is InChI=1S/C16H10N2OS/c17-9-14-13(12-6-7-20-10-12)8-15(18-16(14)19)11-4-2-1-3-5-11/h1-8,10H,(H,18,19). The zero-order valence-electron chi connectivity index (χ0n) is 10.5. The molecule has 1 N–H and O–H groups in total. The molecule has 3 aromatic rings. The van der Waals surface area contributed by atoms with Gasteiger partial charge in [0.25, 0.3) is 5.56 Å². The summed E-state index contributed by atoms with van der Waals surface area (Å²) in [6, 6.07) is 15.4. The fourth-order valence-electron chi connectivity index (χ4n) is 2.09. The molecule has 0 atom stereocenters. The van der Waals surface area contributed by atoms with Crippen molar-refractivity contribution in [3.05, 3.63) is 69.1 Å². The third-order valence-corrected chi connectivity index (χ3v) is 3.75. The van der Waals surface area contributed by atoms with Crippen LogP contribution >= 0.6 is 11.3 Å². The van der Waals surface area contributed by atoms with Crippen LogP contribution in [0.5, 0.6) is 0 Å². The van der Waals surface area contributed by atoms with E-state index in [4.69, 9.17) is 0 Å². The van der Waals surface area contributed by atoms with Crippen LogP contribution in [0.25, 0.3) is 22.4 Å². The molecule has 20 heavy (non-hydrogen) atoms. The first-order valence-electron chi connectivity index (χ1n) is 6.05.